The summed E-state index contributed by atoms with van der Waals surface area (Å²) in [5, 5.41) is 0. The Morgan fingerprint density at radius 3 is 1.12 bits per heavy atom. The fourth-order valence-electron chi connectivity index (χ4n) is 3.48. The molecule has 0 radical (unpaired) electrons. The third kappa shape index (κ3) is 24.1. The minimum absolute atomic E-state index is 0.148. The summed E-state index contributed by atoms with van der Waals surface area (Å²) < 4.78 is 0. The van der Waals surface area contributed by atoms with Gasteiger partial charge in [-0.25, -0.2) is 0 Å². The summed E-state index contributed by atoms with van der Waals surface area (Å²) in [6, 6.07) is 0. The van der Waals surface area contributed by atoms with Crippen molar-refractivity contribution in [3.63, 3.8) is 0 Å². The second-order valence-electron chi connectivity index (χ2n) is 11.3. The molecule has 0 aliphatic rings. The predicted octanol–water partition coefficient (Wildman–Crippen LogP) is 12.5. The molecule has 0 saturated heterocycles. The van der Waals surface area contributed by atoms with Crippen LogP contribution in [0.5, 0.6) is 0 Å². The number of hydrogen-bond acceptors (Lipinski definition) is 1. The van der Waals surface area contributed by atoms with Gasteiger partial charge >= 0.3 is 0 Å². The lowest BCUT2D eigenvalue weighted by Crippen LogP contribution is -1.90. The average Bonchev–Trinajstić information content (AvgIpc) is 2.90. The normalized spacial score (nSPS) is 15.4. The standard InChI is InChI=1S/C41H56O/c1-33(2)19-13-22-36(5)25-16-28-37(6)26-14-23-34(3)20-11-12-21-35(4)24-15-27-38(7)29-17-30-39(8)31-18-32-40(9)41(10)42/h11-12,14-17,19-21,23-30,32H,13,18,22,31H2,1-10H3/b12-11+,23-14+,24-15+,28-16+,29-17+,34-20+,35-21+,36-25+,37-26+,38-27+,39-30+,40-32+. The zero-order valence-corrected chi connectivity index (χ0v) is 28.1. The molecular formula is C41H56O. The first-order chi connectivity index (χ1) is 19.9. The summed E-state index contributed by atoms with van der Waals surface area (Å²) in [5.74, 6) is 0.148. The van der Waals surface area contributed by atoms with Crippen molar-refractivity contribution in [2.45, 2.75) is 94.9 Å². The quantitative estimate of drug-likeness (QED) is 0.0975. The van der Waals surface area contributed by atoms with Crippen LogP contribution in [-0.2, 0) is 4.79 Å². The van der Waals surface area contributed by atoms with Gasteiger partial charge in [-0.2, -0.15) is 0 Å². The van der Waals surface area contributed by atoms with Crippen LogP contribution in [0.2, 0.25) is 0 Å². The van der Waals surface area contributed by atoms with E-state index >= 15 is 0 Å². The molecule has 0 aliphatic heterocycles. The summed E-state index contributed by atoms with van der Waals surface area (Å²) in [6.07, 6.45) is 42.3. The second kappa shape index (κ2) is 23.9. The van der Waals surface area contributed by atoms with Crippen molar-refractivity contribution in [2.75, 3.05) is 0 Å². The van der Waals surface area contributed by atoms with Gasteiger partial charge in [0.1, 0.15) is 0 Å². The van der Waals surface area contributed by atoms with Gasteiger partial charge in [0.15, 0.2) is 5.78 Å². The fraction of sp³-hybridized carbons (Fsp3) is 0.341. The Balaban J connectivity index is 4.72. The van der Waals surface area contributed by atoms with Crippen LogP contribution in [0.15, 0.2) is 154 Å². The molecule has 0 atom stereocenters. The van der Waals surface area contributed by atoms with Crippen LogP contribution in [0.3, 0.4) is 0 Å². The molecule has 1 heteroatoms. The minimum atomic E-state index is 0.148. The third-order valence-electron chi connectivity index (χ3n) is 6.38. The third-order valence-corrected chi connectivity index (χ3v) is 6.38. The highest BCUT2D eigenvalue weighted by Gasteiger charge is 1.95. The zero-order chi connectivity index (χ0) is 31.8. The maximum atomic E-state index is 11.3. The number of hydrogen-bond donors (Lipinski definition) is 0. The lowest BCUT2D eigenvalue weighted by atomic mass is 10.1. The van der Waals surface area contributed by atoms with E-state index in [0.717, 1.165) is 31.3 Å². The van der Waals surface area contributed by atoms with Gasteiger partial charge in [-0.1, -0.05) is 148 Å². The summed E-state index contributed by atoms with van der Waals surface area (Å²) in [5.41, 5.74) is 9.74. The molecule has 0 rings (SSSR count). The highest BCUT2D eigenvalue weighted by Crippen LogP contribution is 2.09. The van der Waals surface area contributed by atoms with Crippen molar-refractivity contribution < 1.29 is 4.79 Å². The van der Waals surface area contributed by atoms with E-state index in [4.69, 9.17) is 0 Å². The molecule has 0 spiro atoms. The van der Waals surface area contributed by atoms with Crippen LogP contribution < -0.4 is 0 Å². The molecule has 0 aliphatic carbocycles. The van der Waals surface area contributed by atoms with Gasteiger partial charge in [-0.05, 0) is 100 Å². The topological polar surface area (TPSA) is 17.1 Å². The van der Waals surface area contributed by atoms with Crippen LogP contribution in [0.1, 0.15) is 94.9 Å². The molecule has 0 bridgehead atoms. The van der Waals surface area contributed by atoms with Crippen molar-refractivity contribution in [3.8, 4) is 0 Å². The van der Waals surface area contributed by atoms with Gasteiger partial charge in [0, 0.05) is 0 Å². The summed E-state index contributed by atoms with van der Waals surface area (Å²) in [4.78, 5) is 11.3. The monoisotopic (exact) mass is 564 g/mol. The molecule has 0 aromatic rings. The van der Waals surface area contributed by atoms with Crippen molar-refractivity contribution in [1.82, 2.24) is 0 Å². The lowest BCUT2D eigenvalue weighted by Gasteiger charge is -1.98. The molecule has 0 N–H and O–H groups in total. The second-order valence-corrected chi connectivity index (χ2v) is 11.3. The van der Waals surface area contributed by atoms with Crippen LogP contribution in [-0.4, -0.2) is 5.78 Å². The molecule has 1 nitrogen and oxygen atoms in total. The Morgan fingerprint density at radius 2 is 0.762 bits per heavy atom. The molecule has 226 valence electrons. The number of carbonyl (C=O) groups is 1. The van der Waals surface area contributed by atoms with Crippen LogP contribution in [0.4, 0.5) is 0 Å². The Bertz CT molecular complexity index is 1240. The Hall–Kier alpha value is -3.71. The van der Waals surface area contributed by atoms with Crippen molar-refractivity contribution in [3.05, 3.63) is 154 Å². The maximum absolute atomic E-state index is 11.3. The molecular weight excluding hydrogens is 508 g/mol. The molecule has 0 fully saturated rings. The van der Waals surface area contributed by atoms with E-state index in [2.05, 4.69) is 159 Å². The van der Waals surface area contributed by atoms with E-state index in [1.807, 2.05) is 13.0 Å². The van der Waals surface area contributed by atoms with Gasteiger partial charge in [-0.3, -0.25) is 4.79 Å². The number of allylic oxidation sites excluding steroid dienone is 26. The van der Waals surface area contributed by atoms with Gasteiger partial charge in [-0.15, -0.1) is 0 Å². The van der Waals surface area contributed by atoms with E-state index in [1.54, 1.807) is 6.92 Å². The molecule has 0 amide bonds. The molecule has 0 aromatic carbocycles. The van der Waals surface area contributed by atoms with Crippen molar-refractivity contribution in [2.24, 2.45) is 0 Å². The summed E-state index contributed by atoms with van der Waals surface area (Å²) in [7, 11) is 0. The summed E-state index contributed by atoms with van der Waals surface area (Å²) in [6.45, 7) is 20.5. The van der Waals surface area contributed by atoms with Crippen molar-refractivity contribution >= 4 is 5.78 Å². The smallest absolute Gasteiger partial charge is 0.155 e. The molecule has 42 heavy (non-hydrogen) atoms. The highest BCUT2D eigenvalue weighted by atomic mass is 16.1. The van der Waals surface area contributed by atoms with E-state index in [0.29, 0.717) is 0 Å². The number of Topliss-reactive ketones (excluding diaryl/α,β-unsaturated/α-hetero) is 1. The first kappa shape index (κ1) is 38.3. The largest absolute Gasteiger partial charge is 0.295 e. The molecule has 0 heterocycles. The van der Waals surface area contributed by atoms with Gasteiger partial charge in [0.05, 0.1) is 0 Å². The number of rotatable bonds is 17. The van der Waals surface area contributed by atoms with Crippen LogP contribution in [0, 0.1) is 0 Å². The lowest BCUT2D eigenvalue weighted by molar-refractivity contribution is -0.113. The first-order valence-electron chi connectivity index (χ1n) is 15.1. The van der Waals surface area contributed by atoms with Crippen molar-refractivity contribution in [1.29, 1.82) is 0 Å². The van der Waals surface area contributed by atoms with Crippen LogP contribution in [0.25, 0.3) is 0 Å². The average molecular weight is 565 g/mol. The van der Waals surface area contributed by atoms with Gasteiger partial charge in [0.2, 0.25) is 0 Å². The summed E-state index contributed by atoms with van der Waals surface area (Å²) >= 11 is 0. The Labute approximate surface area is 259 Å². The predicted molar refractivity (Wildman–Crippen MR) is 191 cm³/mol. The fourth-order valence-corrected chi connectivity index (χ4v) is 3.48. The number of ketones is 1. The maximum Gasteiger partial charge on any atom is 0.155 e. The molecule has 0 saturated carbocycles. The van der Waals surface area contributed by atoms with Crippen LogP contribution >= 0.6 is 0 Å². The Morgan fingerprint density at radius 1 is 0.429 bits per heavy atom. The molecule has 0 aromatic heterocycles. The van der Waals surface area contributed by atoms with E-state index in [1.165, 1.54) is 39.0 Å². The minimum Gasteiger partial charge on any atom is -0.295 e. The number of carbonyl (C=O) groups excluding carboxylic acids is 1. The van der Waals surface area contributed by atoms with E-state index in [-0.39, 0.29) is 5.78 Å². The van der Waals surface area contributed by atoms with Gasteiger partial charge < -0.3 is 0 Å². The zero-order valence-electron chi connectivity index (χ0n) is 28.1. The van der Waals surface area contributed by atoms with E-state index < -0.39 is 0 Å². The van der Waals surface area contributed by atoms with E-state index in [9.17, 15) is 4.79 Å². The highest BCUT2D eigenvalue weighted by molar-refractivity contribution is 5.92. The Kier molecular flexibility index (Phi) is 21.8. The first-order valence-corrected chi connectivity index (χ1v) is 15.1. The SMILES string of the molecule is CC(=O)/C(C)=C/CC/C(C)=C/C=C/C(C)=C/C=C/C(C)=C/C=C/C=C(C)/C=C/C=C(C)/C=C/C=C(\C)CCC=C(C)C. The molecule has 0 unspecified atom stereocenters. The van der Waals surface area contributed by atoms with Gasteiger partial charge in [0.25, 0.3) is 0 Å².